The van der Waals surface area contributed by atoms with Gasteiger partial charge in [-0.25, -0.2) is 4.98 Å². The molecule has 0 saturated carbocycles. The highest BCUT2D eigenvalue weighted by atomic mass is 32.1. The van der Waals surface area contributed by atoms with E-state index in [9.17, 15) is 9.90 Å². The number of fused-ring (bicyclic) bond motifs is 3. The fourth-order valence-corrected chi connectivity index (χ4v) is 4.60. The minimum absolute atomic E-state index is 0.0441. The molecule has 0 fully saturated rings. The van der Waals surface area contributed by atoms with E-state index in [2.05, 4.69) is 16.9 Å². The van der Waals surface area contributed by atoms with Crippen molar-refractivity contribution in [2.24, 2.45) is 5.92 Å². The van der Waals surface area contributed by atoms with Gasteiger partial charge < -0.3 is 10.1 Å². The second kappa shape index (κ2) is 5.91. The molecule has 0 unspecified atom stereocenters. The summed E-state index contributed by atoms with van der Waals surface area (Å²) in [5.74, 6) is 1.48. The maximum Gasteiger partial charge on any atom is 0.260 e. The lowest BCUT2D eigenvalue weighted by Gasteiger charge is -2.17. The molecule has 0 spiro atoms. The number of aryl methyl sites for hydroxylation is 1. The fraction of sp³-hybridized carbons (Fsp3) is 0.263. The first-order valence-corrected chi connectivity index (χ1v) is 8.93. The first-order valence-electron chi connectivity index (χ1n) is 8.12. The van der Waals surface area contributed by atoms with Crippen LogP contribution in [-0.2, 0) is 12.8 Å². The molecule has 4 nitrogen and oxygen atoms in total. The van der Waals surface area contributed by atoms with Crippen molar-refractivity contribution in [2.75, 3.05) is 0 Å². The standard InChI is InChI=1S/C19H18N2O2S/c1-11-2-8-14-15(10-11)24-19-17(14)18(23)20-16(21-19)9-5-12-3-6-13(22)7-4-12/h3-7,9,11,22H,2,8,10H2,1H3,(H,20,21,23)/b9-5+/t11-/m1/s1. The highest BCUT2D eigenvalue weighted by Gasteiger charge is 2.22. The summed E-state index contributed by atoms with van der Waals surface area (Å²) in [4.78, 5) is 22.2. The van der Waals surface area contributed by atoms with Gasteiger partial charge in [-0.05, 0) is 54.5 Å². The van der Waals surface area contributed by atoms with Crippen molar-refractivity contribution in [3.05, 3.63) is 56.4 Å². The molecule has 2 aromatic heterocycles. The van der Waals surface area contributed by atoms with Crippen LogP contribution in [0.15, 0.2) is 29.1 Å². The lowest BCUT2D eigenvalue weighted by molar-refractivity contribution is 0.475. The smallest absolute Gasteiger partial charge is 0.260 e. The normalized spacial score (nSPS) is 17.5. The zero-order chi connectivity index (χ0) is 16.7. The van der Waals surface area contributed by atoms with Crippen molar-refractivity contribution in [3.63, 3.8) is 0 Å². The van der Waals surface area contributed by atoms with Gasteiger partial charge in [0.1, 0.15) is 16.4 Å². The van der Waals surface area contributed by atoms with Crippen LogP contribution >= 0.6 is 11.3 Å². The van der Waals surface area contributed by atoms with Crippen LogP contribution in [0, 0.1) is 5.92 Å². The summed E-state index contributed by atoms with van der Waals surface area (Å²) in [5.41, 5.74) is 2.10. The Bertz CT molecular complexity index is 983. The Kier molecular flexibility index (Phi) is 3.73. The van der Waals surface area contributed by atoms with Crippen LogP contribution < -0.4 is 5.56 Å². The minimum Gasteiger partial charge on any atom is -0.508 e. The Hall–Kier alpha value is -2.40. The predicted molar refractivity (Wildman–Crippen MR) is 98.5 cm³/mol. The summed E-state index contributed by atoms with van der Waals surface area (Å²) in [7, 11) is 0. The van der Waals surface area contributed by atoms with Gasteiger partial charge in [0, 0.05) is 4.88 Å². The Balaban J connectivity index is 1.73. The molecule has 122 valence electrons. The van der Waals surface area contributed by atoms with Crippen LogP contribution in [0.2, 0.25) is 0 Å². The third-order valence-electron chi connectivity index (χ3n) is 4.51. The van der Waals surface area contributed by atoms with Gasteiger partial charge in [-0.2, -0.15) is 0 Å². The zero-order valence-electron chi connectivity index (χ0n) is 13.4. The summed E-state index contributed by atoms with van der Waals surface area (Å²) in [6.45, 7) is 2.26. The molecule has 5 heteroatoms. The first-order chi connectivity index (χ1) is 11.6. The second-order valence-corrected chi connectivity index (χ2v) is 7.49. The van der Waals surface area contributed by atoms with Gasteiger partial charge in [0.2, 0.25) is 0 Å². The van der Waals surface area contributed by atoms with Crippen LogP contribution in [0.5, 0.6) is 5.75 Å². The van der Waals surface area contributed by atoms with E-state index in [4.69, 9.17) is 0 Å². The molecule has 3 aromatic rings. The molecular formula is C19H18N2O2S. The number of aromatic nitrogens is 2. The number of phenols is 1. The molecular weight excluding hydrogens is 320 g/mol. The van der Waals surface area contributed by atoms with Crippen molar-refractivity contribution < 1.29 is 5.11 Å². The van der Waals surface area contributed by atoms with Crippen molar-refractivity contribution in [3.8, 4) is 5.75 Å². The number of H-pyrrole nitrogens is 1. The SMILES string of the molecule is C[C@@H]1CCc2c(sc3nc(/C=C/c4ccc(O)cc4)[nH]c(=O)c23)C1. The zero-order valence-corrected chi connectivity index (χ0v) is 14.2. The number of nitrogens with zero attached hydrogens (tertiary/aromatic N) is 1. The molecule has 2 heterocycles. The number of nitrogens with one attached hydrogen (secondary N) is 1. The molecule has 24 heavy (non-hydrogen) atoms. The molecule has 0 radical (unpaired) electrons. The molecule has 1 atom stereocenters. The van der Waals surface area contributed by atoms with Crippen molar-refractivity contribution >= 4 is 33.7 Å². The molecule has 0 aliphatic heterocycles. The van der Waals surface area contributed by atoms with Crippen LogP contribution in [0.3, 0.4) is 0 Å². The van der Waals surface area contributed by atoms with Crippen LogP contribution in [0.1, 0.15) is 35.2 Å². The van der Waals surface area contributed by atoms with E-state index in [1.807, 2.05) is 18.2 Å². The van der Waals surface area contributed by atoms with Gasteiger partial charge in [-0.1, -0.05) is 25.1 Å². The summed E-state index contributed by atoms with van der Waals surface area (Å²) in [6.07, 6.45) is 6.84. The number of hydrogen-bond donors (Lipinski definition) is 2. The van der Waals surface area contributed by atoms with E-state index in [1.54, 1.807) is 29.5 Å². The van der Waals surface area contributed by atoms with Gasteiger partial charge in [0.25, 0.3) is 5.56 Å². The van der Waals surface area contributed by atoms with Crippen molar-refractivity contribution in [1.29, 1.82) is 0 Å². The molecule has 2 N–H and O–H groups in total. The van der Waals surface area contributed by atoms with Crippen LogP contribution in [0.25, 0.3) is 22.4 Å². The summed E-state index contributed by atoms with van der Waals surface area (Å²) in [5, 5.41) is 10.1. The number of benzene rings is 1. The van der Waals surface area contributed by atoms with E-state index in [1.165, 1.54) is 10.4 Å². The monoisotopic (exact) mass is 338 g/mol. The highest BCUT2D eigenvalue weighted by Crippen LogP contribution is 2.35. The number of hydrogen-bond acceptors (Lipinski definition) is 4. The van der Waals surface area contributed by atoms with Gasteiger partial charge in [-0.3, -0.25) is 4.79 Å². The largest absolute Gasteiger partial charge is 0.508 e. The Labute approximate surface area is 143 Å². The first kappa shape index (κ1) is 15.1. The van der Waals surface area contributed by atoms with Crippen molar-refractivity contribution in [2.45, 2.75) is 26.2 Å². The summed E-state index contributed by atoms with van der Waals surface area (Å²) < 4.78 is 0. The van der Waals surface area contributed by atoms with Crippen LogP contribution in [0.4, 0.5) is 0 Å². The Morgan fingerprint density at radius 1 is 1.29 bits per heavy atom. The summed E-state index contributed by atoms with van der Waals surface area (Å²) >= 11 is 1.66. The molecule has 0 amide bonds. The number of rotatable bonds is 2. The quantitative estimate of drug-likeness (QED) is 0.742. The number of thiophene rings is 1. The number of aromatic amines is 1. The van der Waals surface area contributed by atoms with E-state index in [-0.39, 0.29) is 11.3 Å². The lowest BCUT2D eigenvalue weighted by atomic mass is 9.89. The third kappa shape index (κ3) is 2.76. The average molecular weight is 338 g/mol. The summed E-state index contributed by atoms with van der Waals surface area (Å²) in [6, 6.07) is 6.89. The van der Waals surface area contributed by atoms with Gasteiger partial charge in [-0.15, -0.1) is 11.3 Å². The molecule has 1 aliphatic rings. The average Bonchev–Trinajstić information content (AvgIpc) is 2.92. The third-order valence-corrected chi connectivity index (χ3v) is 5.66. The van der Waals surface area contributed by atoms with E-state index in [0.717, 1.165) is 35.0 Å². The maximum atomic E-state index is 12.5. The fourth-order valence-electron chi connectivity index (χ4n) is 3.20. The Morgan fingerprint density at radius 2 is 2.08 bits per heavy atom. The second-order valence-electron chi connectivity index (χ2n) is 6.41. The highest BCUT2D eigenvalue weighted by molar-refractivity contribution is 7.18. The Morgan fingerprint density at radius 3 is 2.88 bits per heavy atom. The van der Waals surface area contributed by atoms with Gasteiger partial charge >= 0.3 is 0 Å². The van der Waals surface area contributed by atoms with Gasteiger partial charge in [0.15, 0.2) is 0 Å². The number of aromatic hydroxyl groups is 1. The van der Waals surface area contributed by atoms with E-state index < -0.39 is 0 Å². The molecule has 1 aliphatic carbocycles. The maximum absolute atomic E-state index is 12.5. The van der Waals surface area contributed by atoms with Gasteiger partial charge in [0.05, 0.1) is 5.39 Å². The minimum atomic E-state index is -0.0441. The molecule has 0 saturated heterocycles. The van der Waals surface area contributed by atoms with E-state index >= 15 is 0 Å². The molecule has 4 rings (SSSR count). The molecule has 1 aromatic carbocycles. The van der Waals surface area contributed by atoms with Crippen molar-refractivity contribution in [1.82, 2.24) is 9.97 Å². The molecule has 0 bridgehead atoms. The topological polar surface area (TPSA) is 66.0 Å². The lowest BCUT2D eigenvalue weighted by Crippen LogP contribution is -2.13. The number of phenolic OH excluding ortho intramolecular Hbond substituents is 1. The predicted octanol–water partition coefficient (Wildman–Crippen LogP) is 3.99. The van der Waals surface area contributed by atoms with E-state index in [0.29, 0.717) is 11.7 Å². The van der Waals surface area contributed by atoms with Crippen LogP contribution in [-0.4, -0.2) is 15.1 Å².